The van der Waals surface area contributed by atoms with Crippen molar-refractivity contribution in [1.82, 2.24) is 4.72 Å². The number of sulfonamides is 1. The molecule has 2 aromatic rings. The number of nitrogens with one attached hydrogen (secondary N) is 1. The van der Waals surface area contributed by atoms with Crippen molar-refractivity contribution in [2.24, 2.45) is 0 Å². The van der Waals surface area contributed by atoms with Crippen LogP contribution in [-0.2, 0) is 30.8 Å². The number of benzene rings is 2. The molecule has 2 aromatic carbocycles. The molecule has 7 nitrogen and oxygen atoms in total. The summed E-state index contributed by atoms with van der Waals surface area (Å²) in [5.74, 6) is -3.26. The number of amides is 1. The number of hydrogen-bond acceptors (Lipinski definition) is 6. The van der Waals surface area contributed by atoms with Crippen LogP contribution in [0.15, 0.2) is 41.3 Å². The third-order valence-electron chi connectivity index (χ3n) is 4.66. The fourth-order valence-corrected chi connectivity index (χ4v) is 4.43. The zero-order chi connectivity index (χ0) is 25.2. The minimum atomic E-state index is -4.79. The molecule has 0 spiro atoms. The lowest BCUT2D eigenvalue weighted by Gasteiger charge is -2.17. The van der Waals surface area contributed by atoms with Crippen molar-refractivity contribution in [2.75, 3.05) is 11.5 Å². The van der Waals surface area contributed by atoms with Crippen LogP contribution in [0.5, 0.6) is 11.5 Å². The molecule has 0 radical (unpaired) electrons. The van der Waals surface area contributed by atoms with Crippen LogP contribution >= 0.6 is 11.6 Å². The maximum absolute atomic E-state index is 13.4. The van der Waals surface area contributed by atoms with E-state index in [1.807, 2.05) is 0 Å². The Balaban J connectivity index is 2.47. The van der Waals surface area contributed by atoms with E-state index >= 15 is 0 Å². The van der Waals surface area contributed by atoms with Gasteiger partial charge in [-0.25, -0.2) is 16.8 Å². The highest BCUT2D eigenvalue weighted by Gasteiger charge is 2.33. The molecule has 13 heteroatoms. The minimum Gasteiger partial charge on any atom is -0.456 e. The molecule has 0 fully saturated rings. The lowest BCUT2D eigenvalue weighted by atomic mass is 9.98. The zero-order valence-corrected chi connectivity index (χ0v) is 20.1. The second kappa shape index (κ2) is 9.90. The topological polar surface area (TPSA) is 107 Å². The van der Waals surface area contributed by atoms with Gasteiger partial charge in [0.05, 0.1) is 32.9 Å². The first-order valence-corrected chi connectivity index (χ1v) is 13.2. The van der Waals surface area contributed by atoms with E-state index in [-0.39, 0.29) is 38.5 Å². The molecular formula is C20H21ClF3NO6S2. The third kappa shape index (κ3) is 6.84. The van der Waals surface area contributed by atoms with Gasteiger partial charge in [-0.2, -0.15) is 13.2 Å². The Hall–Kier alpha value is -2.31. The Labute approximate surface area is 194 Å². The number of hydrogen-bond donors (Lipinski definition) is 1. The molecular weight excluding hydrogens is 507 g/mol. The molecule has 0 heterocycles. The summed E-state index contributed by atoms with van der Waals surface area (Å²) in [7, 11) is -7.48. The largest absolute Gasteiger partial charge is 0.456 e. The summed E-state index contributed by atoms with van der Waals surface area (Å²) in [4.78, 5) is 12.2. The highest BCUT2D eigenvalue weighted by Crippen LogP contribution is 2.38. The van der Waals surface area contributed by atoms with Crippen molar-refractivity contribution in [3.8, 4) is 11.5 Å². The molecule has 0 aliphatic heterocycles. The standard InChI is InChI=1S/C20H21ClF3NO6S2/c1-4-32(27,28)16-6-7-18(17(21)11-16)31-15-9-13(8-14(10-15)20(22,23)24)12(3)19(26)25-33(29,30)5-2/h6-12H,4-5H2,1-3H3,(H,25,26). The summed E-state index contributed by atoms with van der Waals surface area (Å²) in [5.41, 5.74) is -1.28. The van der Waals surface area contributed by atoms with Crippen LogP contribution in [0.1, 0.15) is 37.8 Å². The van der Waals surface area contributed by atoms with Crippen molar-refractivity contribution < 1.29 is 39.5 Å². The highest BCUT2D eigenvalue weighted by atomic mass is 35.5. The Morgan fingerprint density at radius 3 is 2.21 bits per heavy atom. The molecule has 0 aromatic heterocycles. The van der Waals surface area contributed by atoms with Gasteiger partial charge in [0.25, 0.3) is 0 Å². The van der Waals surface area contributed by atoms with Crippen LogP contribution in [-0.4, -0.2) is 34.2 Å². The van der Waals surface area contributed by atoms with E-state index in [4.69, 9.17) is 16.3 Å². The summed E-state index contributed by atoms with van der Waals surface area (Å²) < 4.78 is 94.8. The number of rotatable bonds is 8. The van der Waals surface area contributed by atoms with Gasteiger partial charge in [0.2, 0.25) is 15.9 Å². The molecule has 0 bridgehead atoms. The molecule has 1 unspecified atom stereocenters. The molecule has 1 amide bonds. The predicted octanol–water partition coefficient (Wildman–Crippen LogP) is 4.51. The number of halogens is 4. The fraction of sp³-hybridized carbons (Fsp3) is 0.350. The van der Waals surface area contributed by atoms with Crippen molar-refractivity contribution in [2.45, 2.75) is 37.8 Å². The Morgan fingerprint density at radius 1 is 1.06 bits per heavy atom. The van der Waals surface area contributed by atoms with Gasteiger partial charge in [-0.15, -0.1) is 0 Å². The zero-order valence-electron chi connectivity index (χ0n) is 17.7. The first-order valence-electron chi connectivity index (χ1n) is 9.56. The van der Waals surface area contributed by atoms with E-state index in [0.717, 1.165) is 12.1 Å². The van der Waals surface area contributed by atoms with Gasteiger partial charge in [0.1, 0.15) is 11.5 Å². The van der Waals surface area contributed by atoms with Gasteiger partial charge in [-0.3, -0.25) is 9.52 Å². The molecule has 1 atom stereocenters. The number of alkyl halides is 3. The monoisotopic (exact) mass is 527 g/mol. The van der Waals surface area contributed by atoms with Crippen molar-refractivity contribution in [1.29, 1.82) is 0 Å². The number of carbonyl (C=O) groups is 1. The molecule has 0 saturated carbocycles. The maximum atomic E-state index is 13.4. The first kappa shape index (κ1) is 26.9. The summed E-state index contributed by atoms with van der Waals surface area (Å²) in [6.07, 6.45) is -4.79. The van der Waals surface area contributed by atoms with E-state index in [1.165, 1.54) is 32.9 Å². The Bertz CT molecular complexity index is 1260. The highest BCUT2D eigenvalue weighted by molar-refractivity contribution is 7.91. The minimum absolute atomic E-state index is 0.0745. The first-order chi connectivity index (χ1) is 15.1. The van der Waals surface area contributed by atoms with E-state index in [9.17, 15) is 34.8 Å². The average molecular weight is 528 g/mol. The van der Waals surface area contributed by atoms with Gasteiger partial charge >= 0.3 is 6.18 Å². The normalized spacial score (nSPS) is 13.4. The Morgan fingerprint density at radius 2 is 1.70 bits per heavy atom. The van der Waals surface area contributed by atoms with Gasteiger partial charge in [0, 0.05) is 0 Å². The number of sulfone groups is 1. The number of carbonyl (C=O) groups excluding carboxylic acids is 1. The van der Waals surface area contributed by atoms with Gasteiger partial charge in [-0.1, -0.05) is 18.5 Å². The van der Waals surface area contributed by atoms with Crippen LogP contribution in [0.2, 0.25) is 5.02 Å². The fourth-order valence-electron chi connectivity index (χ4n) is 2.61. The molecule has 0 aliphatic carbocycles. The van der Waals surface area contributed by atoms with E-state index in [1.54, 1.807) is 4.72 Å². The van der Waals surface area contributed by atoms with Gasteiger partial charge in [0.15, 0.2) is 9.84 Å². The second-order valence-electron chi connectivity index (χ2n) is 6.98. The molecule has 1 N–H and O–H groups in total. The van der Waals surface area contributed by atoms with Crippen LogP contribution in [0, 0.1) is 0 Å². The summed E-state index contributed by atoms with van der Waals surface area (Å²) in [6.45, 7) is 4.00. The summed E-state index contributed by atoms with van der Waals surface area (Å²) in [5, 5.41) is -0.150. The van der Waals surface area contributed by atoms with Crippen LogP contribution in [0.25, 0.3) is 0 Å². The third-order valence-corrected chi connectivity index (χ3v) is 7.96. The van der Waals surface area contributed by atoms with Gasteiger partial charge in [-0.05, 0) is 55.8 Å². The second-order valence-corrected chi connectivity index (χ2v) is 11.7. The van der Waals surface area contributed by atoms with Crippen LogP contribution < -0.4 is 9.46 Å². The quantitative estimate of drug-likeness (QED) is 0.541. The average Bonchev–Trinajstić information content (AvgIpc) is 2.73. The maximum Gasteiger partial charge on any atom is 0.416 e. The van der Waals surface area contributed by atoms with Gasteiger partial charge < -0.3 is 4.74 Å². The molecule has 33 heavy (non-hydrogen) atoms. The van der Waals surface area contributed by atoms with E-state index < -0.39 is 43.4 Å². The van der Waals surface area contributed by atoms with Crippen LogP contribution in [0.3, 0.4) is 0 Å². The number of ether oxygens (including phenoxy) is 1. The summed E-state index contributed by atoms with van der Waals surface area (Å²) in [6, 6.07) is 6.08. The summed E-state index contributed by atoms with van der Waals surface area (Å²) >= 11 is 6.07. The predicted molar refractivity (Wildman–Crippen MR) is 117 cm³/mol. The van der Waals surface area contributed by atoms with Crippen molar-refractivity contribution >= 4 is 37.4 Å². The van der Waals surface area contributed by atoms with E-state index in [2.05, 4.69) is 0 Å². The lowest BCUT2D eigenvalue weighted by Crippen LogP contribution is -2.34. The lowest BCUT2D eigenvalue weighted by molar-refractivity contribution is -0.137. The Kier molecular flexibility index (Phi) is 8.08. The SMILES string of the molecule is CCS(=O)(=O)NC(=O)C(C)c1cc(Oc2ccc(S(=O)(=O)CC)cc2Cl)cc(C(F)(F)F)c1. The van der Waals surface area contributed by atoms with Crippen LogP contribution in [0.4, 0.5) is 13.2 Å². The smallest absolute Gasteiger partial charge is 0.416 e. The molecule has 2 rings (SSSR count). The molecule has 0 aliphatic rings. The molecule has 182 valence electrons. The van der Waals surface area contributed by atoms with E-state index in [0.29, 0.717) is 12.1 Å². The molecule has 0 saturated heterocycles. The van der Waals surface area contributed by atoms with Crippen molar-refractivity contribution in [3.05, 3.63) is 52.5 Å². The van der Waals surface area contributed by atoms with Crippen molar-refractivity contribution in [3.63, 3.8) is 0 Å².